The molecule has 34 heavy (non-hydrogen) atoms. The van der Waals surface area contributed by atoms with E-state index in [0.717, 1.165) is 43.7 Å². The van der Waals surface area contributed by atoms with Crippen LogP contribution in [-0.4, -0.2) is 30.6 Å². The van der Waals surface area contributed by atoms with Crippen LogP contribution in [0.1, 0.15) is 35.1 Å². The summed E-state index contributed by atoms with van der Waals surface area (Å²) in [5.41, 5.74) is 5.40. The lowest BCUT2D eigenvalue weighted by atomic mass is 9.74. The van der Waals surface area contributed by atoms with Crippen LogP contribution < -0.4 is 10.2 Å². The van der Waals surface area contributed by atoms with Crippen LogP contribution in [0.4, 0.5) is 20.6 Å². The molecular formula is C28H27FN4O. The summed E-state index contributed by atoms with van der Waals surface area (Å²) in [6.45, 7) is 5.23. The van der Waals surface area contributed by atoms with Crippen molar-refractivity contribution in [3.63, 3.8) is 0 Å². The fourth-order valence-corrected chi connectivity index (χ4v) is 5.28. The molecule has 1 saturated heterocycles. The Morgan fingerprint density at radius 2 is 1.88 bits per heavy atom. The highest BCUT2D eigenvalue weighted by atomic mass is 19.1. The van der Waals surface area contributed by atoms with Gasteiger partial charge in [0.05, 0.1) is 11.6 Å². The molecule has 0 atom stereocenters. The molecule has 5 rings (SSSR count). The van der Waals surface area contributed by atoms with Crippen molar-refractivity contribution in [2.45, 2.75) is 31.7 Å². The SMILES string of the molecule is Cc1ccc2c(c1)C1(CCN(Cc3cccc(F)c3)CC1)CN2C(=O)Nc1cccc(C#N)c1. The van der Waals surface area contributed by atoms with Crippen LogP contribution in [0, 0.1) is 24.1 Å². The summed E-state index contributed by atoms with van der Waals surface area (Å²) in [6.07, 6.45) is 1.87. The standard InChI is InChI=1S/C28H27FN4O/c1-20-8-9-26-25(14-20)28(10-12-32(13-11-28)18-22-5-2-6-23(29)15-22)19-33(26)27(34)31-24-7-3-4-21(16-24)17-30/h2-9,14-16H,10-13,18-19H2,1H3,(H,31,34). The number of likely N-dealkylation sites (tertiary alicyclic amines) is 1. The van der Waals surface area contributed by atoms with Gasteiger partial charge in [0.2, 0.25) is 0 Å². The minimum Gasteiger partial charge on any atom is -0.307 e. The number of nitriles is 1. The van der Waals surface area contributed by atoms with Gasteiger partial charge in [-0.25, -0.2) is 9.18 Å². The number of urea groups is 1. The second kappa shape index (κ2) is 8.92. The molecule has 0 aromatic heterocycles. The number of hydrogen-bond donors (Lipinski definition) is 1. The van der Waals surface area contributed by atoms with Gasteiger partial charge in [0.1, 0.15) is 5.82 Å². The van der Waals surface area contributed by atoms with Crippen LogP contribution in [0.2, 0.25) is 0 Å². The molecule has 3 aromatic rings. The lowest BCUT2D eigenvalue weighted by Gasteiger charge is -2.40. The molecular weight excluding hydrogens is 427 g/mol. The van der Waals surface area contributed by atoms with Crippen LogP contribution in [0.25, 0.3) is 0 Å². The number of nitrogens with one attached hydrogen (secondary N) is 1. The zero-order valence-electron chi connectivity index (χ0n) is 19.2. The predicted molar refractivity (Wildman–Crippen MR) is 131 cm³/mol. The van der Waals surface area contributed by atoms with E-state index in [4.69, 9.17) is 5.26 Å². The van der Waals surface area contributed by atoms with E-state index in [2.05, 4.69) is 29.3 Å². The lowest BCUT2D eigenvalue weighted by Crippen LogP contribution is -2.46. The first-order chi connectivity index (χ1) is 16.5. The minimum atomic E-state index is -0.201. The maximum absolute atomic E-state index is 13.6. The van der Waals surface area contributed by atoms with Crippen molar-refractivity contribution < 1.29 is 9.18 Å². The zero-order valence-corrected chi connectivity index (χ0v) is 19.2. The number of carbonyl (C=O) groups is 1. The fraction of sp³-hybridized carbons (Fsp3) is 0.286. The van der Waals surface area contributed by atoms with Crippen LogP contribution in [-0.2, 0) is 12.0 Å². The number of hydrogen-bond acceptors (Lipinski definition) is 3. The molecule has 0 radical (unpaired) electrons. The van der Waals surface area contributed by atoms with Crippen LogP contribution in [0.3, 0.4) is 0 Å². The zero-order chi connectivity index (χ0) is 23.7. The summed E-state index contributed by atoms with van der Waals surface area (Å²) in [4.78, 5) is 17.5. The van der Waals surface area contributed by atoms with E-state index in [-0.39, 0.29) is 17.3 Å². The Kier molecular flexibility index (Phi) is 5.80. The fourth-order valence-electron chi connectivity index (χ4n) is 5.28. The molecule has 1 spiro atoms. The Balaban J connectivity index is 1.35. The van der Waals surface area contributed by atoms with Gasteiger partial charge >= 0.3 is 6.03 Å². The van der Waals surface area contributed by atoms with Gasteiger partial charge in [-0.3, -0.25) is 9.80 Å². The van der Waals surface area contributed by atoms with Gasteiger partial charge in [0.25, 0.3) is 0 Å². The first-order valence-corrected chi connectivity index (χ1v) is 11.6. The second-order valence-corrected chi connectivity index (χ2v) is 9.42. The molecule has 1 fully saturated rings. The van der Waals surface area contributed by atoms with Crippen molar-refractivity contribution in [2.75, 3.05) is 29.9 Å². The van der Waals surface area contributed by atoms with E-state index >= 15 is 0 Å². The molecule has 0 bridgehead atoms. The second-order valence-electron chi connectivity index (χ2n) is 9.42. The molecule has 3 aromatic carbocycles. The molecule has 172 valence electrons. The number of rotatable bonds is 3. The minimum absolute atomic E-state index is 0.0916. The third-order valence-electron chi connectivity index (χ3n) is 7.07. The van der Waals surface area contributed by atoms with Crippen molar-refractivity contribution >= 4 is 17.4 Å². The number of amides is 2. The summed E-state index contributed by atoms with van der Waals surface area (Å²) in [7, 11) is 0. The van der Waals surface area contributed by atoms with Gasteiger partial charge in [-0.1, -0.05) is 35.9 Å². The number of carbonyl (C=O) groups excluding carboxylic acids is 1. The Morgan fingerprint density at radius 1 is 1.09 bits per heavy atom. The lowest BCUT2D eigenvalue weighted by molar-refractivity contribution is 0.160. The maximum Gasteiger partial charge on any atom is 0.326 e. The molecule has 0 aliphatic carbocycles. The summed E-state index contributed by atoms with van der Waals surface area (Å²) >= 11 is 0. The van der Waals surface area contributed by atoms with Crippen molar-refractivity contribution in [3.05, 3.63) is 94.8 Å². The number of nitrogens with zero attached hydrogens (tertiary/aromatic N) is 3. The molecule has 5 nitrogen and oxygen atoms in total. The van der Waals surface area contributed by atoms with E-state index < -0.39 is 0 Å². The van der Waals surface area contributed by atoms with Crippen LogP contribution >= 0.6 is 0 Å². The Labute approximate surface area is 199 Å². The number of benzene rings is 3. The highest BCUT2D eigenvalue weighted by Crippen LogP contribution is 2.47. The van der Waals surface area contributed by atoms with Gasteiger partial charge < -0.3 is 5.32 Å². The van der Waals surface area contributed by atoms with Gasteiger partial charge in [0.15, 0.2) is 0 Å². The Bertz CT molecular complexity index is 1270. The molecule has 6 heteroatoms. The quantitative estimate of drug-likeness (QED) is 0.561. The number of piperidine rings is 1. The highest BCUT2D eigenvalue weighted by molar-refractivity contribution is 6.03. The summed E-state index contributed by atoms with van der Waals surface area (Å²) < 4.78 is 13.6. The molecule has 2 heterocycles. The third kappa shape index (κ3) is 4.27. The molecule has 0 saturated carbocycles. The monoisotopic (exact) mass is 454 g/mol. The van der Waals surface area contributed by atoms with E-state index in [1.165, 1.54) is 17.2 Å². The predicted octanol–water partition coefficient (Wildman–Crippen LogP) is 5.59. The summed E-state index contributed by atoms with van der Waals surface area (Å²) in [6, 6.07) is 22.0. The molecule has 2 aliphatic rings. The van der Waals surface area contributed by atoms with Crippen LogP contribution in [0.5, 0.6) is 0 Å². The van der Waals surface area contributed by atoms with E-state index in [9.17, 15) is 9.18 Å². The van der Waals surface area contributed by atoms with E-state index in [0.29, 0.717) is 17.8 Å². The largest absolute Gasteiger partial charge is 0.326 e. The van der Waals surface area contributed by atoms with E-state index in [1.807, 2.05) is 23.1 Å². The number of fused-ring (bicyclic) bond motifs is 2. The smallest absolute Gasteiger partial charge is 0.307 e. The van der Waals surface area contributed by atoms with Crippen molar-refractivity contribution in [1.29, 1.82) is 5.26 Å². The first-order valence-electron chi connectivity index (χ1n) is 11.6. The number of halogens is 1. The number of aryl methyl sites for hydroxylation is 1. The normalized spacial score (nSPS) is 16.8. The topological polar surface area (TPSA) is 59.4 Å². The van der Waals surface area contributed by atoms with Gasteiger partial charge in [-0.05, 0) is 80.4 Å². The third-order valence-corrected chi connectivity index (χ3v) is 7.07. The van der Waals surface area contributed by atoms with Gasteiger partial charge in [-0.2, -0.15) is 5.26 Å². The average Bonchev–Trinajstić information content (AvgIpc) is 3.14. The Hall–Kier alpha value is -3.69. The maximum atomic E-state index is 13.6. The summed E-state index contributed by atoms with van der Waals surface area (Å²) in [5, 5.41) is 12.1. The number of anilines is 2. The summed E-state index contributed by atoms with van der Waals surface area (Å²) in [5.74, 6) is -0.201. The highest BCUT2D eigenvalue weighted by Gasteiger charge is 2.46. The van der Waals surface area contributed by atoms with Gasteiger partial charge in [-0.15, -0.1) is 0 Å². The average molecular weight is 455 g/mol. The van der Waals surface area contributed by atoms with Crippen molar-refractivity contribution in [3.8, 4) is 6.07 Å². The van der Waals surface area contributed by atoms with Gasteiger partial charge in [0, 0.05) is 29.9 Å². The molecule has 2 amide bonds. The first kappa shape index (κ1) is 22.1. The van der Waals surface area contributed by atoms with Crippen LogP contribution in [0.15, 0.2) is 66.7 Å². The van der Waals surface area contributed by atoms with E-state index in [1.54, 1.807) is 36.4 Å². The molecule has 0 unspecified atom stereocenters. The van der Waals surface area contributed by atoms with Crippen molar-refractivity contribution in [1.82, 2.24) is 4.90 Å². The molecule has 1 N–H and O–H groups in total. The van der Waals surface area contributed by atoms with Crippen molar-refractivity contribution in [2.24, 2.45) is 0 Å². The molecule has 2 aliphatic heterocycles. The Morgan fingerprint density at radius 3 is 2.65 bits per heavy atom.